The number of hydrogen-bond acceptors (Lipinski definition) is 3. The molecule has 0 atom stereocenters. The number of nitrogens with zero attached hydrogens (tertiary/aromatic N) is 2. The molecule has 0 amide bonds. The maximum atomic E-state index is 6.64. The molecule has 0 saturated carbocycles. The third-order valence-corrected chi connectivity index (χ3v) is 14.7. The van der Waals surface area contributed by atoms with Crippen molar-refractivity contribution >= 4 is 79.2 Å². The third kappa shape index (κ3) is 7.27. The Hall–Kier alpha value is -6.78. The second-order valence-electron chi connectivity index (χ2n) is 23.5. The Morgan fingerprint density at radius 3 is 1.43 bits per heavy atom. The minimum absolute atomic E-state index is 0.0163. The topological polar surface area (TPSA) is 19.6 Å². The highest BCUT2D eigenvalue weighted by Crippen LogP contribution is 2.48. The fourth-order valence-electron chi connectivity index (χ4n) is 10.7. The van der Waals surface area contributed by atoms with Crippen LogP contribution in [0.15, 0.2) is 168 Å². The number of hydrogen-bond donors (Lipinski definition) is 0. The summed E-state index contributed by atoms with van der Waals surface area (Å²) in [5.41, 5.74) is 22.8. The standard InChI is InChI=1S/C64H63BN2O/c1-61(2,3)43-27-23-40(24-28-43)41-25-31-47(32-26-41)66-54-36-44(62(4,5)6)29-33-52(54)65-53-34-30-45(63(7,8)9)37-55(53)67(57-39-46(64(10,11)12)38-56(66)59(57)65)48-18-15-17-42(35-48)49-20-16-21-51-50-19-13-14-22-58(50)68-60(49)51/h13-39H,1-12H3. The molecule has 0 spiro atoms. The summed E-state index contributed by atoms with van der Waals surface area (Å²) >= 11 is 0. The maximum Gasteiger partial charge on any atom is 0.252 e. The molecule has 8 aromatic carbocycles. The van der Waals surface area contributed by atoms with E-state index in [1.807, 2.05) is 0 Å². The van der Waals surface area contributed by atoms with E-state index in [9.17, 15) is 0 Å². The van der Waals surface area contributed by atoms with Gasteiger partial charge in [-0.25, -0.2) is 0 Å². The van der Waals surface area contributed by atoms with E-state index in [0.717, 1.165) is 44.4 Å². The van der Waals surface area contributed by atoms with Gasteiger partial charge in [-0.3, -0.25) is 0 Å². The Labute approximate surface area is 404 Å². The van der Waals surface area contributed by atoms with E-state index in [1.165, 1.54) is 72.5 Å². The van der Waals surface area contributed by atoms with Crippen molar-refractivity contribution in [3.8, 4) is 22.3 Å². The highest BCUT2D eigenvalue weighted by atomic mass is 16.3. The minimum atomic E-state index is -0.138. The average molecular weight is 887 g/mol. The van der Waals surface area contributed by atoms with Crippen molar-refractivity contribution in [2.24, 2.45) is 0 Å². The van der Waals surface area contributed by atoms with E-state index >= 15 is 0 Å². The predicted molar refractivity (Wildman–Crippen MR) is 293 cm³/mol. The largest absolute Gasteiger partial charge is 0.455 e. The van der Waals surface area contributed by atoms with Crippen LogP contribution in [0.1, 0.15) is 105 Å². The number of para-hydroxylation sites is 2. The molecule has 0 bridgehead atoms. The van der Waals surface area contributed by atoms with Crippen LogP contribution in [0.5, 0.6) is 0 Å². The molecule has 3 nitrogen and oxygen atoms in total. The van der Waals surface area contributed by atoms with Gasteiger partial charge in [0, 0.05) is 50.5 Å². The Morgan fingerprint density at radius 1 is 0.368 bits per heavy atom. The maximum absolute atomic E-state index is 6.64. The normalized spacial score (nSPS) is 13.8. The summed E-state index contributed by atoms with van der Waals surface area (Å²) in [5, 5.41) is 2.27. The molecule has 0 unspecified atom stereocenters. The third-order valence-electron chi connectivity index (χ3n) is 14.7. The SMILES string of the molecule is CC(C)(C)c1ccc(-c2ccc(N3c4cc(C(C)(C)C)ccc4B4c5ccc(C(C)(C)C)cc5N(c5cccc(-c6cccc7c6oc6ccccc67)c5)c5cc(C(C)(C)C)cc3c54)cc2)cc1. The predicted octanol–water partition coefficient (Wildman–Crippen LogP) is 16.2. The summed E-state index contributed by atoms with van der Waals surface area (Å²) in [6, 6.07) is 62.1. The van der Waals surface area contributed by atoms with Crippen molar-refractivity contribution < 1.29 is 4.42 Å². The zero-order valence-electron chi connectivity index (χ0n) is 42.0. The Morgan fingerprint density at radius 2 is 0.853 bits per heavy atom. The summed E-state index contributed by atoms with van der Waals surface area (Å²) in [5.74, 6) is 0. The van der Waals surface area contributed by atoms with Crippen molar-refractivity contribution in [2.75, 3.05) is 9.80 Å². The van der Waals surface area contributed by atoms with Crippen LogP contribution in [0.3, 0.4) is 0 Å². The Bertz CT molecular complexity index is 3440. The number of furan rings is 1. The first-order valence-electron chi connectivity index (χ1n) is 24.5. The second kappa shape index (κ2) is 15.4. The molecule has 0 fully saturated rings. The van der Waals surface area contributed by atoms with Crippen molar-refractivity contribution in [2.45, 2.75) is 105 Å². The van der Waals surface area contributed by atoms with Crippen molar-refractivity contribution in [3.05, 3.63) is 186 Å². The average Bonchev–Trinajstić information content (AvgIpc) is 3.69. The molecule has 0 N–H and O–H groups in total. The lowest BCUT2D eigenvalue weighted by atomic mass is 9.33. The Balaban J connectivity index is 1.16. The van der Waals surface area contributed by atoms with Gasteiger partial charge in [0.25, 0.3) is 6.71 Å². The molecule has 338 valence electrons. The molecule has 11 rings (SSSR count). The molecule has 3 heterocycles. The van der Waals surface area contributed by atoms with Gasteiger partial charge in [-0.2, -0.15) is 0 Å². The first-order valence-corrected chi connectivity index (χ1v) is 24.5. The molecule has 0 saturated heterocycles. The second-order valence-corrected chi connectivity index (χ2v) is 23.5. The molecule has 1 aromatic heterocycles. The van der Waals surface area contributed by atoms with E-state index in [0.29, 0.717) is 0 Å². The lowest BCUT2D eigenvalue weighted by Crippen LogP contribution is -2.61. The molecule has 2 aliphatic heterocycles. The van der Waals surface area contributed by atoms with Crippen LogP contribution in [0.25, 0.3) is 44.2 Å². The minimum Gasteiger partial charge on any atom is -0.455 e. The summed E-state index contributed by atoms with van der Waals surface area (Å²) < 4.78 is 6.64. The van der Waals surface area contributed by atoms with Crippen LogP contribution in [0, 0.1) is 0 Å². The van der Waals surface area contributed by atoms with E-state index in [1.54, 1.807) is 0 Å². The van der Waals surface area contributed by atoms with Gasteiger partial charge in [-0.15, -0.1) is 0 Å². The number of fused-ring (bicyclic) bond motifs is 7. The van der Waals surface area contributed by atoms with Crippen LogP contribution in [0.4, 0.5) is 34.1 Å². The molecular weight excluding hydrogens is 824 g/mol. The zero-order chi connectivity index (χ0) is 47.7. The fraction of sp³-hybridized carbons (Fsp3) is 0.250. The summed E-state index contributed by atoms with van der Waals surface area (Å²) in [7, 11) is 0. The molecule has 9 aromatic rings. The molecule has 2 aliphatic rings. The first-order chi connectivity index (χ1) is 32.2. The van der Waals surface area contributed by atoms with Crippen LogP contribution < -0.4 is 26.2 Å². The van der Waals surface area contributed by atoms with Crippen molar-refractivity contribution in [1.82, 2.24) is 0 Å². The van der Waals surface area contributed by atoms with E-state index in [-0.39, 0.29) is 28.4 Å². The van der Waals surface area contributed by atoms with Gasteiger partial charge < -0.3 is 14.2 Å². The fourth-order valence-corrected chi connectivity index (χ4v) is 10.7. The van der Waals surface area contributed by atoms with Gasteiger partial charge >= 0.3 is 0 Å². The smallest absolute Gasteiger partial charge is 0.252 e. The lowest BCUT2D eigenvalue weighted by Gasteiger charge is -2.45. The molecular formula is C64H63BN2O. The van der Waals surface area contributed by atoms with E-state index in [2.05, 4.69) is 257 Å². The van der Waals surface area contributed by atoms with Gasteiger partial charge in [-0.1, -0.05) is 192 Å². The van der Waals surface area contributed by atoms with Crippen molar-refractivity contribution in [3.63, 3.8) is 0 Å². The van der Waals surface area contributed by atoms with Crippen LogP contribution in [0.2, 0.25) is 0 Å². The number of anilines is 6. The van der Waals surface area contributed by atoms with Gasteiger partial charge in [0.2, 0.25) is 0 Å². The molecule has 0 radical (unpaired) electrons. The van der Waals surface area contributed by atoms with E-state index in [4.69, 9.17) is 4.42 Å². The zero-order valence-corrected chi connectivity index (χ0v) is 42.0. The highest BCUT2D eigenvalue weighted by Gasteiger charge is 2.45. The van der Waals surface area contributed by atoms with E-state index < -0.39 is 0 Å². The number of rotatable bonds is 4. The molecule has 4 heteroatoms. The van der Waals surface area contributed by atoms with Gasteiger partial charge in [0.05, 0.1) is 0 Å². The Kier molecular flexibility index (Phi) is 9.90. The van der Waals surface area contributed by atoms with Gasteiger partial charge in [-0.05, 0) is 132 Å². The number of benzene rings is 8. The van der Waals surface area contributed by atoms with Crippen LogP contribution >= 0.6 is 0 Å². The molecule has 0 aliphatic carbocycles. The summed E-state index contributed by atoms with van der Waals surface area (Å²) in [4.78, 5) is 5.15. The van der Waals surface area contributed by atoms with Crippen LogP contribution in [-0.4, -0.2) is 6.71 Å². The van der Waals surface area contributed by atoms with Gasteiger partial charge in [0.15, 0.2) is 0 Å². The lowest BCUT2D eigenvalue weighted by molar-refractivity contribution is 0.590. The van der Waals surface area contributed by atoms with Crippen molar-refractivity contribution in [1.29, 1.82) is 0 Å². The monoisotopic (exact) mass is 887 g/mol. The highest BCUT2D eigenvalue weighted by molar-refractivity contribution is 7.00. The quantitative estimate of drug-likeness (QED) is 0.164. The first kappa shape index (κ1) is 43.8. The summed E-state index contributed by atoms with van der Waals surface area (Å²) in [6.45, 7) is 27.9. The summed E-state index contributed by atoms with van der Waals surface area (Å²) in [6.07, 6.45) is 0. The van der Waals surface area contributed by atoms with Crippen LogP contribution in [-0.2, 0) is 21.7 Å². The molecule has 68 heavy (non-hydrogen) atoms. The van der Waals surface area contributed by atoms with Gasteiger partial charge in [0.1, 0.15) is 11.2 Å².